The highest BCUT2D eigenvalue weighted by Gasteiger charge is 2.22. The molecule has 0 aliphatic carbocycles. The lowest BCUT2D eigenvalue weighted by Crippen LogP contribution is -2.40. The van der Waals surface area contributed by atoms with E-state index in [4.69, 9.17) is 4.98 Å². The highest BCUT2D eigenvalue weighted by Crippen LogP contribution is 2.22. The fraction of sp³-hybridized carbons (Fsp3) is 0.444. The molecule has 0 radical (unpaired) electrons. The molecule has 0 saturated heterocycles. The van der Waals surface area contributed by atoms with E-state index in [1.807, 2.05) is 35.2 Å². The van der Waals surface area contributed by atoms with Crippen LogP contribution in [0.1, 0.15) is 38.8 Å². The first-order valence-corrected chi connectivity index (χ1v) is 13.1. The SMILES string of the molecule is CC(C)N(CCn1c(SCC(=O)N2CCc3ccccc3C2)nc2ccccc2c1=O)C(C)C. The molecule has 0 spiro atoms. The lowest BCUT2D eigenvalue weighted by Gasteiger charge is -2.31. The molecule has 0 saturated carbocycles. The van der Waals surface area contributed by atoms with Crippen molar-refractivity contribution in [1.29, 1.82) is 0 Å². The van der Waals surface area contributed by atoms with Gasteiger partial charge in [-0.3, -0.25) is 19.1 Å². The summed E-state index contributed by atoms with van der Waals surface area (Å²) in [6, 6.07) is 16.5. The van der Waals surface area contributed by atoms with Crippen LogP contribution in [0.25, 0.3) is 10.9 Å². The predicted molar refractivity (Wildman–Crippen MR) is 139 cm³/mol. The first-order chi connectivity index (χ1) is 16.3. The van der Waals surface area contributed by atoms with E-state index in [1.165, 1.54) is 22.9 Å². The zero-order valence-corrected chi connectivity index (χ0v) is 21.3. The topological polar surface area (TPSA) is 58.4 Å². The number of benzene rings is 2. The van der Waals surface area contributed by atoms with E-state index >= 15 is 0 Å². The molecule has 0 atom stereocenters. The Morgan fingerprint density at radius 3 is 2.44 bits per heavy atom. The molecule has 0 bridgehead atoms. The van der Waals surface area contributed by atoms with Gasteiger partial charge in [-0.05, 0) is 57.4 Å². The van der Waals surface area contributed by atoms with Crippen molar-refractivity contribution in [3.8, 4) is 0 Å². The number of hydrogen-bond donors (Lipinski definition) is 0. The van der Waals surface area contributed by atoms with Gasteiger partial charge in [0.15, 0.2) is 5.16 Å². The van der Waals surface area contributed by atoms with Gasteiger partial charge in [0.25, 0.3) is 5.56 Å². The van der Waals surface area contributed by atoms with Crippen LogP contribution < -0.4 is 5.56 Å². The van der Waals surface area contributed by atoms with E-state index in [-0.39, 0.29) is 17.2 Å². The van der Waals surface area contributed by atoms with Crippen molar-refractivity contribution < 1.29 is 4.79 Å². The number of carbonyl (C=O) groups is 1. The number of hydrogen-bond acceptors (Lipinski definition) is 5. The second-order valence-corrected chi connectivity index (χ2v) is 10.4. The summed E-state index contributed by atoms with van der Waals surface area (Å²) in [5.74, 6) is 0.352. The van der Waals surface area contributed by atoms with Crippen molar-refractivity contribution in [2.24, 2.45) is 0 Å². The Morgan fingerprint density at radius 1 is 1.03 bits per heavy atom. The average molecular weight is 479 g/mol. The molecule has 2 aromatic carbocycles. The molecule has 0 N–H and O–H groups in total. The summed E-state index contributed by atoms with van der Waals surface area (Å²) in [5, 5.41) is 1.23. The van der Waals surface area contributed by atoms with Crippen LogP contribution in [-0.2, 0) is 24.3 Å². The molecule has 34 heavy (non-hydrogen) atoms. The normalized spacial score (nSPS) is 13.8. The summed E-state index contributed by atoms with van der Waals surface area (Å²) in [6.07, 6.45) is 0.881. The second kappa shape index (κ2) is 10.7. The third kappa shape index (κ3) is 5.36. The van der Waals surface area contributed by atoms with Crippen LogP contribution in [0.5, 0.6) is 0 Å². The second-order valence-electron chi connectivity index (χ2n) is 9.42. The van der Waals surface area contributed by atoms with E-state index in [1.54, 1.807) is 4.57 Å². The first-order valence-electron chi connectivity index (χ1n) is 12.1. The number of thioether (sulfide) groups is 1. The smallest absolute Gasteiger partial charge is 0.262 e. The lowest BCUT2D eigenvalue weighted by atomic mass is 10.00. The predicted octanol–water partition coefficient (Wildman–Crippen LogP) is 4.19. The van der Waals surface area contributed by atoms with E-state index in [9.17, 15) is 9.59 Å². The van der Waals surface area contributed by atoms with Crippen LogP contribution in [0.15, 0.2) is 58.5 Å². The number of rotatable bonds is 8. The molecule has 1 aliphatic rings. The van der Waals surface area contributed by atoms with Crippen molar-refractivity contribution in [2.45, 2.75) is 64.4 Å². The zero-order chi connectivity index (χ0) is 24.2. The van der Waals surface area contributed by atoms with Crippen LogP contribution >= 0.6 is 11.8 Å². The van der Waals surface area contributed by atoms with E-state index in [2.05, 4.69) is 50.8 Å². The van der Waals surface area contributed by atoms with E-state index < -0.39 is 0 Å². The van der Waals surface area contributed by atoms with Crippen LogP contribution in [-0.4, -0.2) is 56.2 Å². The molecule has 1 amide bonds. The van der Waals surface area contributed by atoms with Gasteiger partial charge in [0.05, 0.1) is 16.7 Å². The van der Waals surface area contributed by atoms with Crippen molar-refractivity contribution in [3.63, 3.8) is 0 Å². The van der Waals surface area contributed by atoms with Gasteiger partial charge in [0.1, 0.15) is 0 Å². The fourth-order valence-electron chi connectivity index (χ4n) is 4.71. The van der Waals surface area contributed by atoms with Crippen LogP contribution in [0, 0.1) is 0 Å². The molecule has 2 heterocycles. The Morgan fingerprint density at radius 2 is 1.71 bits per heavy atom. The molecule has 1 aromatic heterocycles. The van der Waals surface area contributed by atoms with Gasteiger partial charge < -0.3 is 4.90 Å². The summed E-state index contributed by atoms with van der Waals surface area (Å²) in [4.78, 5) is 35.5. The fourth-order valence-corrected chi connectivity index (χ4v) is 5.64. The highest BCUT2D eigenvalue weighted by molar-refractivity contribution is 7.99. The first kappa shape index (κ1) is 24.5. The summed E-state index contributed by atoms with van der Waals surface area (Å²) in [7, 11) is 0. The number of nitrogens with zero attached hydrogens (tertiary/aromatic N) is 4. The van der Waals surface area contributed by atoms with Crippen molar-refractivity contribution >= 4 is 28.6 Å². The molecule has 4 rings (SSSR count). The van der Waals surface area contributed by atoms with Gasteiger partial charge in [-0.1, -0.05) is 48.2 Å². The maximum Gasteiger partial charge on any atom is 0.262 e. The van der Waals surface area contributed by atoms with E-state index in [0.717, 1.165) is 19.5 Å². The number of amides is 1. The van der Waals surface area contributed by atoms with Crippen LogP contribution in [0.2, 0.25) is 0 Å². The molecular weight excluding hydrogens is 444 g/mol. The van der Waals surface area contributed by atoms with E-state index in [0.29, 0.717) is 41.2 Å². The lowest BCUT2D eigenvalue weighted by molar-refractivity contribution is -0.129. The number of fused-ring (bicyclic) bond motifs is 2. The van der Waals surface area contributed by atoms with Gasteiger partial charge in [0.2, 0.25) is 5.91 Å². The quantitative estimate of drug-likeness (QED) is 0.359. The Balaban J connectivity index is 1.54. The minimum atomic E-state index is -0.0417. The molecule has 1 aliphatic heterocycles. The largest absolute Gasteiger partial charge is 0.337 e. The van der Waals surface area contributed by atoms with Crippen molar-refractivity contribution in [2.75, 3.05) is 18.8 Å². The Bertz CT molecular complexity index is 1210. The average Bonchev–Trinajstić information content (AvgIpc) is 2.83. The summed E-state index contributed by atoms with van der Waals surface area (Å²) in [6.45, 7) is 11.4. The third-order valence-electron chi connectivity index (χ3n) is 6.54. The van der Waals surface area contributed by atoms with Gasteiger partial charge in [-0.2, -0.15) is 0 Å². The van der Waals surface area contributed by atoms with Gasteiger partial charge in [-0.25, -0.2) is 4.98 Å². The highest BCUT2D eigenvalue weighted by atomic mass is 32.2. The van der Waals surface area contributed by atoms with Crippen LogP contribution in [0.3, 0.4) is 0 Å². The van der Waals surface area contributed by atoms with Crippen molar-refractivity contribution in [3.05, 3.63) is 70.0 Å². The summed E-state index contributed by atoms with van der Waals surface area (Å²) < 4.78 is 1.75. The Kier molecular flexibility index (Phi) is 7.73. The Labute approximate surface area is 206 Å². The minimum Gasteiger partial charge on any atom is -0.337 e. The zero-order valence-electron chi connectivity index (χ0n) is 20.5. The van der Waals surface area contributed by atoms with Gasteiger partial charge in [-0.15, -0.1) is 0 Å². The van der Waals surface area contributed by atoms with Crippen molar-refractivity contribution in [1.82, 2.24) is 19.4 Å². The molecule has 6 nitrogen and oxygen atoms in total. The number of carbonyl (C=O) groups excluding carboxylic acids is 1. The molecule has 0 fully saturated rings. The number of para-hydroxylation sites is 1. The molecule has 7 heteroatoms. The molecule has 0 unspecified atom stereocenters. The summed E-state index contributed by atoms with van der Waals surface area (Å²) in [5.41, 5.74) is 3.18. The van der Waals surface area contributed by atoms with Gasteiger partial charge in [0, 0.05) is 38.3 Å². The Hall–Kier alpha value is -2.64. The van der Waals surface area contributed by atoms with Crippen LogP contribution in [0.4, 0.5) is 0 Å². The molecule has 3 aromatic rings. The standard InChI is InChI=1S/C27H34N4O2S/c1-19(2)30(20(3)4)15-16-31-26(33)23-11-7-8-12-24(23)28-27(31)34-18-25(32)29-14-13-21-9-5-6-10-22(21)17-29/h5-12,19-20H,13-18H2,1-4H3. The minimum absolute atomic E-state index is 0.0417. The number of aromatic nitrogens is 2. The molecular formula is C27H34N4O2S. The molecule has 180 valence electrons. The maximum absolute atomic E-state index is 13.4. The third-order valence-corrected chi connectivity index (χ3v) is 7.50. The van der Waals surface area contributed by atoms with Gasteiger partial charge >= 0.3 is 0 Å². The summed E-state index contributed by atoms with van der Waals surface area (Å²) >= 11 is 1.37. The maximum atomic E-state index is 13.4. The monoisotopic (exact) mass is 478 g/mol.